The van der Waals surface area contributed by atoms with Gasteiger partial charge >= 0.3 is 5.97 Å². The second kappa shape index (κ2) is 8.11. The van der Waals surface area contributed by atoms with Crippen molar-refractivity contribution >= 4 is 11.9 Å². The van der Waals surface area contributed by atoms with Crippen LogP contribution in [-0.4, -0.2) is 23.1 Å². The summed E-state index contributed by atoms with van der Waals surface area (Å²) in [5.74, 6) is -0.275. The molecule has 0 saturated carbocycles. The summed E-state index contributed by atoms with van der Waals surface area (Å²) in [4.78, 5) is 24.1. The van der Waals surface area contributed by atoms with E-state index in [1.165, 1.54) is 0 Å². The van der Waals surface area contributed by atoms with Gasteiger partial charge in [0.2, 0.25) is 0 Å². The molecule has 1 aromatic heterocycles. The largest absolute Gasteiger partial charge is 0.458 e. The summed E-state index contributed by atoms with van der Waals surface area (Å²) in [6, 6.07) is 19.1. The maximum atomic E-state index is 12.1. The van der Waals surface area contributed by atoms with Crippen molar-refractivity contribution in [1.82, 2.24) is 10.5 Å². The Labute approximate surface area is 150 Å². The minimum absolute atomic E-state index is 0.0271. The molecule has 6 heteroatoms. The first kappa shape index (κ1) is 17.4. The highest BCUT2D eigenvalue weighted by atomic mass is 16.5. The predicted molar refractivity (Wildman–Crippen MR) is 95.1 cm³/mol. The lowest BCUT2D eigenvalue weighted by molar-refractivity contribution is -0.146. The smallest absolute Gasteiger partial charge is 0.328 e. The number of hydrogen-bond acceptors (Lipinski definition) is 5. The van der Waals surface area contributed by atoms with Gasteiger partial charge in [-0.1, -0.05) is 53.7 Å². The Morgan fingerprint density at radius 2 is 1.73 bits per heavy atom. The number of aromatic nitrogens is 1. The summed E-state index contributed by atoms with van der Waals surface area (Å²) in [7, 11) is 0. The lowest BCUT2D eigenvalue weighted by atomic mass is 10.2. The number of ether oxygens (including phenoxy) is 1. The van der Waals surface area contributed by atoms with Gasteiger partial charge in [-0.25, -0.2) is 4.79 Å². The maximum absolute atomic E-state index is 12.1. The van der Waals surface area contributed by atoms with E-state index in [2.05, 4.69) is 10.5 Å². The zero-order valence-corrected chi connectivity index (χ0v) is 14.2. The van der Waals surface area contributed by atoms with Gasteiger partial charge in [-0.05, 0) is 19.1 Å². The van der Waals surface area contributed by atoms with Gasteiger partial charge < -0.3 is 14.6 Å². The molecular formula is C20H18N2O4. The molecule has 3 aromatic rings. The number of nitrogens with one attached hydrogen (secondary N) is 1. The van der Waals surface area contributed by atoms with Crippen molar-refractivity contribution < 1.29 is 18.8 Å². The summed E-state index contributed by atoms with van der Waals surface area (Å²) in [5.41, 5.74) is 1.87. The van der Waals surface area contributed by atoms with Crippen LogP contribution in [0.15, 0.2) is 71.3 Å². The van der Waals surface area contributed by atoms with Crippen molar-refractivity contribution in [2.45, 2.75) is 19.6 Å². The van der Waals surface area contributed by atoms with E-state index in [0.29, 0.717) is 17.0 Å². The van der Waals surface area contributed by atoms with Crippen LogP contribution in [0.2, 0.25) is 0 Å². The van der Waals surface area contributed by atoms with Crippen LogP contribution in [-0.2, 0) is 16.1 Å². The molecule has 1 heterocycles. The Balaban J connectivity index is 1.52. The van der Waals surface area contributed by atoms with Crippen LogP contribution >= 0.6 is 0 Å². The molecule has 0 saturated heterocycles. The quantitative estimate of drug-likeness (QED) is 0.691. The summed E-state index contributed by atoms with van der Waals surface area (Å²) in [6.07, 6.45) is 0. The van der Waals surface area contributed by atoms with Gasteiger partial charge in [0.25, 0.3) is 5.91 Å². The molecule has 1 amide bonds. The molecule has 0 radical (unpaired) electrons. The minimum atomic E-state index is -0.775. The van der Waals surface area contributed by atoms with Crippen molar-refractivity contribution in [1.29, 1.82) is 0 Å². The highest BCUT2D eigenvalue weighted by molar-refractivity contribution is 5.96. The molecule has 0 bridgehead atoms. The molecule has 2 aromatic carbocycles. The molecule has 132 valence electrons. The number of carbonyl (C=O) groups excluding carboxylic acids is 2. The SMILES string of the molecule is C[C@@H](NC(=O)c1ccccc1)C(=O)OCc1cc(-c2ccccc2)on1. The maximum Gasteiger partial charge on any atom is 0.328 e. The third kappa shape index (κ3) is 4.36. The molecule has 0 spiro atoms. The van der Waals surface area contributed by atoms with Crippen LogP contribution in [0.4, 0.5) is 0 Å². The molecule has 3 rings (SSSR count). The second-order valence-electron chi connectivity index (χ2n) is 5.72. The first-order valence-corrected chi connectivity index (χ1v) is 8.17. The molecule has 0 aliphatic carbocycles. The van der Waals surface area contributed by atoms with E-state index >= 15 is 0 Å². The molecule has 1 atom stereocenters. The number of nitrogens with zero attached hydrogens (tertiary/aromatic N) is 1. The number of benzene rings is 2. The summed E-state index contributed by atoms with van der Waals surface area (Å²) >= 11 is 0. The Morgan fingerprint density at radius 3 is 2.42 bits per heavy atom. The van der Waals surface area contributed by atoms with E-state index in [0.717, 1.165) is 5.56 Å². The number of esters is 1. The molecule has 6 nitrogen and oxygen atoms in total. The van der Waals surface area contributed by atoms with Crippen LogP contribution in [0.5, 0.6) is 0 Å². The Bertz CT molecular complexity index is 875. The average molecular weight is 350 g/mol. The first-order valence-electron chi connectivity index (χ1n) is 8.17. The van der Waals surface area contributed by atoms with Crippen LogP contribution in [0.1, 0.15) is 23.0 Å². The molecule has 1 N–H and O–H groups in total. The lowest BCUT2D eigenvalue weighted by Gasteiger charge is -2.12. The first-order chi connectivity index (χ1) is 12.6. The number of amides is 1. The van der Waals surface area contributed by atoms with E-state index in [9.17, 15) is 9.59 Å². The monoisotopic (exact) mass is 350 g/mol. The third-order valence-corrected chi connectivity index (χ3v) is 3.72. The van der Waals surface area contributed by atoms with Crippen molar-refractivity contribution in [2.24, 2.45) is 0 Å². The van der Waals surface area contributed by atoms with Gasteiger partial charge in [0.05, 0.1) is 0 Å². The fourth-order valence-corrected chi connectivity index (χ4v) is 2.32. The molecule has 0 aliphatic rings. The van der Waals surface area contributed by atoms with Gasteiger partial charge in [-0.15, -0.1) is 0 Å². The Morgan fingerprint density at radius 1 is 1.08 bits per heavy atom. The number of rotatable bonds is 6. The standard InChI is InChI=1S/C20H18N2O4/c1-14(21-19(23)16-10-6-3-7-11-16)20(24)25-13-17-12-18(26-22-17)15-8-4-2-5-9-15/h2-12,14H,13H2,1H3,(H,21,23)/t14-/m1/s1. The van der Waals surface area contributed by atoms with Crippen molar-refractivity contribution in [3.63, 3.8) is 0 Å². The fourth-order valence-electron chi connectivity index (χ4n) is 2.32. The van der Waals surface area contributed by atoms with Gasteiger partial charge in [0.1, 0.15) is 18.3 Å². The Hall–Kier alpha value is -3.41. The Kier molecular flexibility index (Phi) is 5.43. The summed E-state index contributed by atoms with van der Waals surface area (Å²) < 4.78 is 10.5. The average Bonchev–Trinajstić information content (AvgIpc) is 3.16. The third-order valence-electron chi connectivity index (χ3n) is 3.72. The topological polar surface area (TPSA) is 81.4 Å². The fraction of sp³-hybridized carbons (Fsp3) is 0.150. The van der Waals surface area contributed by atoms with Gasteiger partial charge in [-0.3, -0.25) is 4.79 Å². The number of hydrogen-bond donors (Lipinski definition) is 1. The van der Waals surface area contributed by atoms with E-state index in [1.54, 1.807) is 37.3 Å². The molecule has 0 unspecified atom stereocenters. The van der Waals surface area contributed by atoms with Gasteiger partial charge in [-0.2, -0.15) is 0 Å². The van der Waals surface area contributed by atoms with Crippen LogP contribution in [0.25, 0.3) is 11.3 Å². The van der Waals surface area contributed by atoms with E-state index in [1.807, 2.05) is 36.4 Å². The van der Waals surface area contributed by atoms with Gasteiger partial charge in [0.15, 0.2) is 5.76 Å². The van der Waals surface area contributed by atoms with Crippen LogP contribution in [0.3, 0.4) is 0 Å². The molecule has 0 fully saturated rings. The van der Waals surface area contributed by atoms with E-state index in [4.69, 9.17) is 9.26 Å². The second-order valence-corrected chi connectivity index (χ2v) is 5.72. The molecule has 26 heavy (non-hydrogen) atoms. The van der Waals surface area contributed by atoms with Crippen LogP contribution < -0.4 is 5.32 Å². The highest BCUT2D eigenvalue weighted by Gasteiger charge is 2.18. The molecule has 0 aliphatic heterocycles. The van der Waals surface area contributed by atoms with Crippen LogP contribution in [0, 0.1) is 0 Å². The number of carbonyl (C=O) groups is 2. The normalized spacial score (nSPS) is 11.6. The van der Waals surface area contributed by atoms with E-state index < -0.39 is 12.0 Å². The van der Waals surface area contributed by atoms with E-state index in [-0.39, 0.29) is 12.5 Å². The predicted octanol–water partition coefficient (Wildman–Crippen LogP) is 3.20. The van der Waals surface area contributed by atoms with Crippen molar-refractivity contribution in [3.8, 4) is 11.3 Å². The minimum Gasteiger partial charge on any atom is -0.458 e. The van der Waals surface area contributed by atoms with Crippen molar-refractivity contribution in [2.75, 3.05) is 0 Å². The zero-order valence-electron chi connectivity index (χ0n) is 14.2. The van der Waals surface area contributed by atoms with Crippen molar-refractivity contribution in [3.05, 3.63) is 78.0 Å². The molecular weight excluding hydrogens is 332 g/mol. The lowest BCUT2D eigenvalue weighted by Crippen LogP contribution is -2.39. The zero-order chi connectivity index (χ0) is 18.4. The van der Waals surface area contributed by atoms with Gasteiger partial charge in [0, 0.05) is 17.2 Å². The summed E-state index contributed by atoms with van der Waals surface area (Å²) in [6.45, 7) is 1.54. The summed E-state index contributed by atoms with van der Waals surface area (Å²) in [5, 5.41) is 6.50. The highest BCUT2D eigenvalue weighted by Crippen LogP contribution is 2.20.